The highest BCUT2D eigenvalue weighted by atomic mass is 16.3. The van der Waals surface area contributed by atoms with E-state index < -0.39 is 0 Å². The smallest absolute Gasteiger partial charge is 0.0570 e. The highest BCUT2D eigenvalue weighted by molar-refractivity contribution is 5.19. The summed E-state index contributed by atoms with van der Waals surface area (Å²) in [5.41, 5.74) is 1.31. The van der Waals surface area contributed by atoms with Gasteiger partial charge in [-0.05, 0) is 25.5 Å². The third-order valence-electron chi connectivity index (χ3n) is 3.03. The first-order valence-corrected chi connectivity index (χ1v) is 5.20. The predicted octanol–water partition coefficient (Wildman–Crippen LogP) is 1.81. The molecule has 0 saturated carbocycles. The van der Waals surface area contributed by atoms with Crippen molar-refractivity contribution in [1.29, 1.82) is 0 Å². The second kappa shape index (κ2) is 4.11. The molecule has 14 heavy (non-hydrogen) atoms. The van der Waals surface area contributed by atoms with Crippen molar-refractivity contribution >= 4 is 0 Å². The van der Waals surface area contributed by atoms with Gasteiger partial charge in [-0.2, -0.15) is 0 Å². The largest absolute Gasteiger partial charge is 0.393 e. The number of nitrogens with zero attached hydrogens (tertiary/aromatic N) is 1. The quantitative estimate of drug-likeness (QED) is 0.732. The number of hydrogen-bond donors (Lipinski definition) is 1. The Hall–Kier alpha value is -0.860. The topological polar surface area (TPSA) is 23.5 Å². The van der Waals surface area contributed by atoms with Gasteiger partial charge in [0, 0.05) is 12.6 Å². The van der Waals surface area contributed by atoms with Crippen molar-refractivity contribution in [2.24, 2.45) is 0 Å². The Morgan fingerprint density at radius 3 is 2.71 bits per heavy atom. The fourth-order valence-electron chi connectivity index (χ4n) is 2.13. The zero-order valence-electron chi connectivity index (χ0n) is 8.56. The maximum absolute atomic E-state index is 9.63. The summed E-state index contributed by atoms with van der Waals surface area (Å²) in [5, 5.41) is 9.63. The van der Waals surface area contributed by atoms with Gasteiger partial charge in [0.1, 0.15) is 0 Å². The summed E-state index contributed by atoms with van der Waals surface area (Å²) in [5.74, 6) is 0. The molecule has 1 fully saturated rings. The molecule has 1 N–H and O–H groups in total. The van der Waals surface area contributed by atoms with E-state index in [9.17, 15) is 5.11 Å². The van der Waals surface area contributed by atoms with E-state index in [4.69, 9.17) is 0 Å². The molecule has 2 nitrogen and oxygen atoms in total. The van der Waals surface area contributed by atoms with Crippen molar-refractivity contribution in [2.45, 2.75) is 25.0 Å². The minimum absolute atomic E-state index is 0.128. The van der Waals surface area contributed by atoms with Crippen molar-refractivity contribution in [3.8, 4) is 0 Å². The minimum atomic E-state index is -0.128. The molecule has 0 radical (unpaired) electrons. The summed E-state index contributed by atoms with van der Waals surface area (Å²) in [6, 6.07) is 10.8. The molecule has 1 aromatic rings. The molecule has 0 spiro atoms. The van der Waals surface area contributed by atoms with Crippen molar-refractivity contribution in [3.63, 3.8) is 0 Å². The Morgan fingerprint density at radius 2 is 2.00 bits per heavy atom. The van der Waals surface area contributed by atoms with Crippen LogP contribution >= 0.6 is 0 Å². The fraction of sp³-hybridized carbons (Fsp3) is 0.500. The Morgan fingerprint density at radius 1 is 1.29 bits per heavy atom. The standard InChI is InChI=1S/C12H17NO/c1-13-8-7-11(14)9-12(13)10-5-3-2-4-6-10/h2-6,11-12,14H,7-9H2,1H3. The minimum Gasteiger partial charge on any atom is -0.393 e. The van der Waals surface area contributed by atoms with Crippen molar-refractivity contribution < 1.29 is 5.11 Å². The number of aliphatic hydroxyl groups is 1. The molecule has 1 saturated heterocycles. The summed E-state index contributed by atoms with van der Waals surface area (Å²) in [6.07, 6.45) is 1.64. The van der Waals surface area contributed by atoms with Gasteiger partial charge in [-0.1, -0.05) is 30.3 Å². The second-order valence-corrected chi connectivity index (χ2v) is 4.09. The third kappa shape index (κ3) is 1.97. The SMILES string of the molecule is CN1CCC(O)CC1c1ccccc1. The van der Waals surface area contributed by atoms with E-state index >= 15 is 0 Å². The summed E-state index contributed by atoms with van der Waals surface area (Å²) < 4.78 is 0. The number of aliphatic hydroxyl groups excluding tert-OH is 1. The molecule has 1 aromatic carbocycles. The van der Waals surface area contributed by atoms with E-state index in [1.165, 1.54) is 5.56 Å². The van der Waals surface area contributed by atoms with Gasteiger partial charge in [-0.15, -0.1) is 0 Å². The first-order chi connectivity index (χ1) is 6.77. The van der Waals surface area contributed by atoms with Gasteiger partial charge in [0.15, 0.2) is 0 Å². The number of rotatable bonds is 1. The van der Waals surface area contributed by atoms with E-state index in [0.29, 0.717) is 6.04 Å². The van der Waals surface area contributed by atoms with Gasteiger partial charge in [-0.25, -0.2) is 0 Å². The Bertz CT molecular complexity index is 286. The molecule has 2 rings (SSSR count). The summed E-state index contributed by atoms with van der Waals surface area (Å²) in [7, 11) is 2.13. The van der Waals surface area contributed by atoms with Gasteiger partial charge in [0.2, 0.25) is 0 Å². The zero-order chi connectivity index (χ0) is 9.97. The maximum Gasteiger partial charge on any atom is 0.0570 e. The first-order valence-electron chi connectivity index (χ1n) is 5.20. The predicted molar refractivity (Wildman–Crippen MR) is 57.1 cm³/mol. The molecule has 0 bridgehead atoms. The van der Waals surface area contributed by atoms with Crippen LogP contribution in [0.25, 0.3) is 0 Å². The van der Waals surface area contributed by atoms with E-state index in [1.807, 2.05) is 6.07 Å². The lowest BCUT2D eigenvalue weighted by atomic mass is 9.94. The molecule has 0 aliphatic carbocycles. The number of likely N-dealkylation sites (tertiary alicyclic amines) is 1. The lowest BCUT2D eigenvalue weighted by Gasteiger charge is -2.35. The van der Waals surface area contributed by atoms with Gasteiger partial charge in [0.25, 0.3) is 0 Å². The van der Waals surface area contributed by atoms with Crippen molar-refractivity contribution in [2.75, 3.05) is 13.6 Å². The highest BCUT2D eigenvalue weighted by Gasteiger charge is 2.25. The van der Waals surface area contributed by atoms with E-state index in [1.54, 1.807) is 0 Å². The Balaban J connectivity index is 2.16. The van der Waals surface area contributed by atoms with Crippen molar-refractivity contribution in [1.82, 2.24) is 4.90 Å². The number of benzene rings is 1. The van der Waals surface area contributed by atoms with Crippen molar-refractivity contribution in [3.05, 3.63) is 35.9 Å². The molecule has 1 aliphatic rings. The van der Waals surface area contributed by atoms with Gasteiger partial charge in [0.05, 0.1) is 6.10 Å². The highest BCUT2D eigenvalue weighted by Crippen LogP contribution is 2.29. The Kier molecular flexibility index (Phi) is 2.85. The average Bonchev–Trinajstić information content (AvgIpc) is 2.23. The van der Waals surface area contributed by atoms with E-state index in [-0.39, 0.29) is 6.10 Å². The van der Waals surface area contributed by atoms with E-state index in [2.05, 4.69) is 36.2 Å². The molecule has 76 valence electrons. The molecule has 2 atom stereocenters. The van der Waals surface area contributed by atoms with Crippen LogP contribution in [0, 0.1) is 0 Å². The molecular weight excluding hydrogens is 174 g/mol. The first kappa shape index (κ1) is 9.69. The summed E-state index contributed by atoms with van der Waals surface area (Å²) >= 11 is 0. The Labute approximate surface area is 85.2 Å². The van der Waals surface area contributed by atoms with Crippen LogP contribution in [0.3, 0.4) is 0 Å². The molecule has 0 aromatic heterocycles. The van der Waals surface area contributed by atoms with Crippen LogP contribution in [-0.2, 0) is 0 Å². The monoisotopic (exact) mass is 191 g/mol. The average molecular weight is 191 g/mol. The zero-order valence-corrected chi connectivity index (χ0v) is 8.56. The van der Waals surface area contributed by atoms with Crippen LogP contribution in [0.2, 0.25) is 0 Å². The van der Waals surface area contributed by atoms with Crippen LogP contribution < -0.4 is 0 Å². The molecule has 1 heterocycles. The summed E-state index contributed by atoms with van der Waals surface area (Å²) in [4.78, 5) is 2.32. The maximum atomic E-state index is 9.63. The number of piperidine rings is 1. The van der Waals surface area contributed by atoms with Gasteiger partial charge < -0.3 is 5.11 Å². The van der Waals surface area contributed by atoms with Crippen LogP contribution in [0.1, 0.15) is 24.4 Å². The van der Waals surface area contributed by atoms with E-state index in [0.717, 1.165) is 19.4 Å². The van der Waals surface area contributed by atoms with Crippen LogP contribution in [-0.4, -0.2) is 29.7 Å². The lowest BCUT2D eigenvalue weighted by molar-refractivity contribution is 0.0552. The van der Waals surface area contributed by atoms with Crippen LogP contribution in [0.15, 0.2) is 30.3 Å². The molecule has 2 unspecified atom stereocenters. The molecule has 1 aliphatic heterocycles. The fourth-order valence-corrected chi connectivity index (χ4v) is 2.13. The van der Waals surface area contributed by atoms with Crippen LogP contribution in [0.4, 0.5) is 0 Å². The second-order valence-electron chi connectivity index (χ2n) is 4.09. The lowest BCUT2D eigenvalue weighted by Crippen LogP contribution is -2.35. The normalized spacial score (nSPS) is 29.0. The van der Waals surface area contributed by atoms with Gasteiger partial charge >= 0.3 is 0 Å². The summed E-state index contributed by atoms with van der Waals surface area (Å²) in [6.45, 7) is 0.987. The molecule has 0 amide bonds. The number of hydrogen-bond acceptors (Lipinski definition) is 2. The molecule has 2 heteroatoms. The molecular formula is C12H17NO. The van der Waals surface area contributed by atoms with Gasteiger partial charge in [-0.3, -0.25) is 4.90 Å². The third-order valence-corrected chi connectivity index (χ3v) is 3.03. The van der Waals surface area contributed by atoms with Crippen LogP contribution in [0.5, 0.6) is 0 Å².